The van der Waals surface area contributed by atoms with Gasteiger partial charge in [-0.2, -0.15) is 0 Å². The number of hydrogen-bond acceptors (Lipinski definition) is 3. The van der Waals surface area contributed by atoms with Crippen molar-refractivity contribution >= 4 is 35.2 Å². The molecule has 1 aromatic carbocycles. The summed E-state index contributed by atoms with van der Waals surface area (Å²) < 4.78 is 0. The molecule has 0 aliphatic carbocycles. The molecule has 0 spiro atoms. The molecule has 120 valence electrons. The molecule has 2 amide bonds. The third kappa shape index (κ3) is 3.96. The summed E-state index contributed by atoms with van der Waals surface area (Å²) >= 11 is 7.84. The van der Waals surface area contributed by atoms with Crippen LogP contribution in [-0.2, 0) is 9.59 Å². The number of nitrogens with zero attached hydrogens (tertiary/aromatic N) is 1. The molecule has 1 aliphatic rings. The number of benzene rings is 1. The summed E-state index contributed by atoms with van der Waals surface area (Å²) in [5, 5.41) is 3.26. The standard InChI is InChI=1S/C16H21ClN2O2S/c1-10(2)18-14(20)8-9-19-15(21)11(3)22-16(19)12-6-4-5-7-13(12)17/h4-7,10-11,16H,8-9H2,1-3H3,(H,18,20)/t11-,16-/m0/s1. The first-order valence-electron chi connectivity index (χ1n) is 7.40. The Balaban J connectivity index is 2.11. The molecule has 2 atom stereocenters. The average molecular weight is 341 g/mol. The van der Waals surface area contributed by atoms with Crippen molar-refractivity contribution in [2.45, 2.75) is 43.9 Å². The van der Waals surface area contributed by atoms with E-state index in [1.54, 1.807) is 16.7 Å². The number of halogens is 1. The number of rotatable bonds is 5. The van der Waals surface area contributed by atoms with E-state index in [4.69, 9.17) is 11.6 Å². The molecule has 1 saturated heterocycles. The first kappa shape index (κ1) is 17.2. The Kier molecular flexibility index (Phi) is 5.75. The van der Waals surface area contributed by atoms with Crippen LogP contribution in [0.15, 0.2) is 24.3 Å². The number of amides is 2. The summed E-state index contributed by atoms with van der Waals surface area (Å²) in [4.78, 5) is 26.0. The maximum Gasteiger partial charge on any atom is 0.236 e. The maximum atomic E-state index is 12.4. The molecule has 1 aliphatic heterocycles. The van der Waals surface area contributed by atoms with E-state index >= 15 is 0 Å². The van der Waals surface area contributed by atoms with Crippen molar-refractivity contribution < 1.29 is 9.59 Å². The van der Waals surface area contributed by atoms with E-state index in [9.17, 15) is 9.59 Å². The Morgan fingerprint density at radius 2 is 2.09 bits per heavy atom. The van der Waals surface area contributed by atoms with Gasteiger partial charge in [-0.05, 0) is 26.8 Å². The molecule has 6 heteroatoms. The smallest absolute Gasteiger partial charge is 0.236 e. The fourth-order valence-corrected chi connectivity index (χ4v) is 4.08. The Morgan fingerprint density at radius 1 is 1.41 bits per heavy atom. The Labute approximate surface area is 140 Å². The molecule has 0 aromatic heterocycles. The van der Waals surface area contributed by atoms with Crippen LogP contribution in [0.4, 0.5) is 0 Å². The predicted octanol–water partition coefficient (Wildman–Crippen LogP) is 3.22. The van der Waals surface area contributed by atoms with Crippen LogP contribution in [0, 0.1) is 0 Å². The van der Waals surface area contributed by atoms with E-state index in [1.165, 1.54) is 0 Å². The third-order valence-electron chi connectivity index (χ3n) is 3.45. The number of carbonyl (C=O) groups is 2. The first-order valence-corrected chi connectivity index (χ1v) is 8.72. The molecule has 1 fully saturated rings. The van der Waals surface area contributed by atoms with Gasteiger partial charge in [0.05, 0.1) is 5.25 Å². The lowest BCUT2D eigenvalue weighted by atomic mass is 10.2. The fraction of sp³-hybridized carbons (Fsp3) is 0.500. The molecule has 4 nitrogen and oxygen atoms in total. The highest BCUT2D eigenvalue weighted by Crippen LogP contribution is 2.44. The first-order chi connectivity index (χ1) is 10.4. The zero-order valence-corrected chi connectivity index (χ0v) is 14.6. The minimum absolute atomic E-state index is 0.0368. The predicted molar refractivity (Wildman–Crippen MR) is 90.9 cm³/mol. The molecule has 1 aromatic rings. The molecule has 2 rings (SSSR count). The second-order valence-corrected chi connectivity index (χ2v) is 7.49. The van der Waals surface area contributed by atoms with Crippen molar-refractivity contribution in [3.63, 3.8) is 0 Å². The van der Waals surface area contributed by atoms with Gasteiger partial charge >= 0.3 is 0 Å². The number of thioether (sulfide) groups is 1. The Bertz CT molecular complexity index is 565. The fourth-order valence-electron chi connectivity index (χ4n) is 2.43. The van der Waals surface area contributed by atoms with Gasteiger partial charge in [0, 0.05) is 29.6 Å². The van der Waals surface area contributed by atoms with Crippen LogP contribution >= 0.6 is 23.4 Å². The lowest BCUT2D eigenvalue weighted by molar-refractivity contribution is -0.130. The highest BCUT2D eigenvalue weighted by molar-refractivity contribution is 8.01. The molecule has 0 unspecified atom stereocenters. The Hall–Kier alpha value is -1.20. The zero-order chi connectivity index (χ0) is 16.3. The van der Waals surface area contributed by atoms with Crippen LogP contribution in [0.1, 0.15) is 38.1 Å². The molecule has 1 heterocycles. The van der Waals surface area contributed by atoms with Gasteiger partial charge in [0.15, 0.2) is 0 Å². The summed E-state index contributed by atoms with van der Waals surface area (Å²) in [6.07, 6.45) is 0.304. The van der Waals surface area contributed by atoms with Crippen LogP contribution in [0.25, 0.3) is 0 Å². The van der Waals surface area contributed by atoms with Gasteiger partial charge in [-0.15, -0.1) is 11.8 Å². The van der Waals surface area contributed by atoms with Crippen molar-refractivity contribution in [1.82, 2.24) is 10.2 Å². The SMILES string of the molecule is CC(C)NC(=O)CCN1C(=O)[C@H](C)S[C@H]1c1ccccc1Cl. The van der Waals surface area contributed by atoms with Crippen molar-refractivity contribution in [3.8, 4) is 0 Å². The van der Waals surface area contributed by atoms with Gasteiger partial charge in [0.2, 0.25) is 11.8 Å². The molecular formula is C16H21ClN2O2S. The van der Waals surface area contributed by atoms with Crippen molar-refractivity contribution in [2.24, 2.45) is 0 Å². The number of carbonyl (C=O) groups excluding carboxylic acids is 2. The van der Waals surface area contributed by atoms with Gasteiger partial charge in [-0.25, -0.2) is 0 Å². The topological polar surface area (TPSA) is 49.4 Å². The summed E-state index contributed by atoms with van der Waals surface area (Å²) in [7, 11) is 0. The van der Waals surface area contributed by atoms with Crippen molar-refractivity contribution in [2.75, 3.05) is 6.54 Å². The largest absolute Gasteiger partial charge is 0.354 e. The summed E-state index contributed by atoms with van der Waals surface area (Å²) in [6.45, 7) is 6.14. The molecule has 0 bridgehead atoms. The lowest BCUT2D eigenvalue weighted by Gasteiger charge is -2.24. The van der Waals surface area contributed by atoms with Crippen LogP contribution in [0.5, 0.6) is 0 Å². The highest BCUT2D eigenvalue weighted by Gasteiger charge is 2.39. The van der Waals surface area contributed by atoms with Crippen LogP contribution in [0.3, 0.4) is 0 Å². The highest BCUT2D eigenvalue weighted by atomic mass is 35.5. The second kappa shape index (κ2) is 7.38. The molecular weight excluding hydrogens is 320 g/mol. The van der Waals surface area contributed by atoms with E-state index in [-0.39, 0.29) is 28.5 Å². The second-order valence-electron chi connectivity index (χ2n) is 5.66. The lowest BCUT2D eigenvalue weighted by Crippen LogP contribution is -2.36. The molecule has 22 heavy (non-hydrogen) atoms. The van der Waals surface area contributed by atoms with Gasteiger partial charge < -0.3 is 10.2 Å². The third-order valence-corrected chi connectivity index (χ3v) is 5.17. The van der Waals surface area contributed by atoms with Crippen LogP contribution in [-0.4, -0.2) is 34.6 Å². The van der Waals surface area contributed by atoms with E-state index in [0.717, 1.165) is 5.56 Å². The van der Waals surface area contributed by atoms with Crippen LogP contribution < -0.4 is 5.32 Å². The van der Waals surface area contributed by atoms with Gasteiger partial charge in [0.1, 0.15) is 5.37 Å². The van der Waals surface area contributed by atoms with E-state index in [0.29, 0.717) is 18.0 Å². The van der Waals surface area contributed by atoms with Gasteiger partial charge in [-0.3, -0.25) is 9.59 Å². The zero-order valence-electron chi connectivity index (χ0n) is 13.0. The Morgan fingerprint density at radius 3 is 2.73 bits per heavy atom. The maximum absolute atomic E-state index is 12.4. The molecule has 1 N–H and O–H groups in total. The summed E-state index contributed by atoms with van der Waals surface area (Å²) in [6, 6.07) is 7.66. The number of nitrogens with one attached hydrogen (secondary N) is 1. The molecule has 0 saturated carbocycles. The minimum atomic E-state index is -0.122. The summed E-state index contributed by atoms with van der Waals surface area (Å²) in [5.41, 5.74) is 0.927. The van der Waals surface area contributed by atoms with Crippen molar-refractivity contribution in [3.05, 3.63) is 34.9 Å². The van der Waals surface area contributed by atoms with E-state index in [1.807, 2.05) is 45.0 Å². The minimum Gasteiger partial charge on any atom is -0.354 e. The van der Waals surface area contributed by atoms with Gasteiger partial charge in [0.25, 0.3) is 0 Å². The summed E-state index contributed by atoms with van der Waals surface area (Å²) in [5.74, 6) is 0.0255. The molecule has 0 radical (unpaired) electrons. The average Bonchev–Trinajstić information content (AvgIpc) is 2.72. The monoisotopic (exact) mass is 340 g/mol. The van der Waals surface area contributed by atoms with Crippen LogP contribution in [0.2, 0.25) is 5.02 Å². The van der Waals surface area contributed by atoms with E-state index < -0.39 is 0 Å². The quantitative estimate of drug-likeness (QED) is 0.895. The van der Waals surface area contributed by atoms with E-state index in [2.05, 4.69) is 5.32 Å². The number of hydrogen-bond donors (Lipinski definition) is 1. The van der Waals surface area contributed by atoms with Gasteiger partial charge in [-0.1, -0.05) is 29.8 Å². The normalized spacial score (nSPS) is 21.5. The van der Waals surface area contributed by atoms with Crippen molar-refractivity contribution in [1.29, 1.82) is 0 Å².